The van der Waals surface area contributed by atoms with Crippen LogP contribution in [0.3, 0.4) is 0 Å². The topological polar surface area (TPSA) is 123 Å². The molecule has 31 heavy (non-hydrogen) atoms. The lowest BCUT2D eigenvalue weighted by atomic mass is 10.2. The summed E-state index contributed by atoms with van der Waals surface area (Å²) in [5.41, 5.74) is 0. The quantitative estimate of drug-likeness (QED) is 0.112. The van der Waals surface area contributed by atoms with Gasteiger partial charge in [0.25, 0.3) is 7.37 Å². The highest BCUT2D eigenvalue weighted by molar-refractivity contribution is 8.23. The fourth-order valence-corrected chi connectivity index (χ4v) is 6.01. The number of nitrogens with one attached hydrogen (secondary N) is 2. The molecule has 0 aromatic carbocycles. The zero-order chi connectivity index (χ0) is 23.7. The molecule has 1 unspecified atom stereocenters. The normalized spacial score (nSPS) is 14.1. The maximum Gasteiger partial charge on any atom is 0.327 e. The van der Waals surface area contributed by atoms with E-state index in [9.17, 15) is 14.2 Å². The SMILES string of the molecule is CCOC(OCC)P(=O)(CCCCCCNC(=S)SC[C@H](NC(C)=O)C(=O)O)OCC. The number of carboxylic acids is 1. The highest BCUT2D eigenvalue weighted by Crippen LogP contribution is 2.53. The Labute approximate surface area is 195 Å². The maximum absolute atomic E-state index is 13.1. The van der Waals surface area contributed by atoms with Crippen LogP contribution >= 0.6 is 31.3 Å². The summed E-state index contributed by atoms with van der Waals surface area (Å²) in [6.07, 6.45) is 3.82. The van der Waals surface area contributed by atoms with Crippen LogP contribution < -0.4 is 10.6 Å². The van der Waals surface area contributed by atoms with Crippen molar-refractivity contribution in [1.82, 2.24) is 10.6 Å². The number of carbonyl (C=O) groups excluding carboxylic acids is 1. The van der Waals surface area contributed by atoms with Gasteiger partial charge in [-0.05, 0) is 33.6 Å². The molecule has 3 N–H and O–H groups in total. The summed E-state index contributed by atoms with van der Waals surface area (Å²) in [7, 11) is -3.03. The van der Waals surface area contributed by atoms with Crippen LogP contribution in [0.15, 0.2) is 0 Å². The summed E-state index contributed by atoms with van der Waals surface area (Å²) in [5.74, 6) is -1.32. The molecule has 0 bridgehead atoms. The average molecular weight is 501 g/mol. The van der Waals surface area contributed by atoms with E-state index in [0.29, 0.717) is 36.8 Å². The van der Waals surface area contributed by atoms with Crippen LogP contribution in [0.1, 0.15) is 53.4 Å². The van der Waals surface area contributed by atoms with Crippen molar-refractivity contribution in [2.24, 2.45) is 0 Å². The molecule has 0 heterocycles. The lowest BCUT2D eigenvalue weighted by molar-refractivity contribution is -0.140. The number of thiocarbonyl (C=S) groups is 1. The molecule has 0 aliphatic heterocycles. The van der Waals surface area contributed by atoms with E-state index in [1.54, 1.807) is 0 Å². The Morgan fingerprint density at radius 3 is 2.19 bits per heavy atom. The Kier molecular flexibility index (Phi) is 17.4. The van der Waals surface area contributed by atoms with Gasteiger partial charge in [-0.2, -0.15) is 0 Å². The molecule has 0 saturated heterocycles. The van der Waals surface area contributed by atoms with Gasteiger partial charge in [0.15, 0.2) is 0 Å². The van der Waals surface area contributed by atoms with E-state index in [1.807, 2.05) is 20.8 Å². The highest BCUT2D eigenvalue weighted by Gasteiger charge is 2.35. The second-order valence-corrected chi connectivity index (χ2v) is 10.9. The second-order valence-electron chi connectivity index (χ2n) is 6.62. The zero-order valence-corrected chi connectivity index (χ0v) is 21.4. The summed E-state index contributed by atoms with van der Waals surface area (Å²) in [6.45, 7) is 8.57. The van der Waals surface area contributed by atoms with Crippen LogP contribution in [-0.2, 0) is 28.2 Å². The molecule has 0 rings (SSSR count). The van der Waals surface area contributed by atoms with E-state index in [2.05, 4.69) is 10.6 Å². The van der Waals surface area contributed by atoms with Gasteiger partial charge in [-0.1, -0.05) is 36.8 Å². The van der Waals surface area contributed by atoms with E-state index in [-0.39, 0.29) is 5.75 Å². The molecule has 0 aromatic rings. The highest BCUT2D eigenvalue weighted by atomic mass is 32.2. The Balaban J connectivity index is 4.16. The predicted octanol–water partition coefficient (Wildman–Crippen LogP) is 3.42. The predicted molar refractivity (Wildman–Crippen MR) is 128 cm³/mol. The van der Waals surface area contributed by atoms with Gasteiger partial charge in [0.2, 0.25) is 11.9 Å². The van der Waals surface area contributed by atoms with Crippen molar-refractivity contribution < 1.29 is 33.3 Å². The molecule has 0 radical (unpaired) electrons. The number of rotatable bonds is 18. The molecule has 0 fully saturated rings. The van der Waals surface area contributed by atoms with Gasteiger partial charge in [0.05, 0.1) is 6.61 Å². The molecule has 12 heteroatoms. The minimum atomic E-state index is -3.03. The van der Waals surface area contributed by atoms with Crippen LogP contribution in [0.4, 0.5) is 0 Å². The van der Waals surface area contributed by atoms with E-state index in [0.717, 1.165) is 25.7 Å². The van der Waals surface area contributed by atoms with Gasteiger partial charge in [0.1, 0.15) is 10.4 Å². The number of ether oxygens (including phenoxy) is 2. The van der Waals surface area contributed by atoms with Crippen LogP contribution in [0, 0.1) is 0 Å². The molecule has 0 aliphatic rings. The summed E-state index contributed by atoms with van der Waals surface area (Å²) >= 11 is 6.38. The van der Waals surface area contributed by atoms with Crippen molar-refractivity contribution in [3.05, 3.63) is 0 Å². The summed E-state index contributed by atoms with van der Waals surface area (Å²) in [6, 6.07) is -1.79. The first-order chi connectivity index (χ1) is 14.7. The Bertz CT molecular complexity index is 590. The van der Waals surface area contributed by atoms with Gasteiger partial charge in [-0.3, -0.25) is 9.36 Å². The lowest BCUT2D eigenvalue weighted by Crippen LogP contribution is -2.42. The van der Waals surface area contributed by atoms with Crippen LogP contribution in [0.2, 0.25) is 0 Å². The van der Waals surface area contributed by atoms with Crippen molar-refractivity contribution in [3.8, 4) is 0 Å². The van der Waals surface area contributed by atoms with Gasteiger partial charge in [0, 0.05) is 38.6 Å². The summed E-state index contributed by atoms with van der Waals surface area (Å²) < 4.78 is 30.2. The standard InChI is InChI=1S/C19H37N2O7PS2/c1-5-26-19(27-6-2)29(25,28-7-3)13-11-9-8-10-12-20-18(30)31-14-16(17(23)24)21-15(4)22/h16,19H,5-14H2,1-4H3,(H,20,30)(H,21,22)(H,23,24)/t16-,29?/m0/s1. The third-order valence-electron chi connectivity index (χ3n) is 4.01. The van der Waals surface area contributed by atoms with E-state index in [4.69, 9.17) is 31.3 Å². The minimum Gasteiger partial charge on any atom is -0.480 e. The van der Waals surface area contributed by atoms with Gasteiger partial charge in [-0.25, -0.2) is 4.79 Å². The summed E-state index contributed by atoms with van der Waals surface area (Å²) in [4.78, 5) is 22.1. The number of hydrogen-bond donors (Lipinski definition) is 3. The zero-order valence-electron chi connectivity index (χ0n) is 18.9. The monoisotopic (exact) mass is 500 g/mol. The molecule has 9 nitrogen and oxygen atoms in total. The number of aliphatic carboxylic acids is 1. The number of carboxylic acid groups (broad SMARTS) is 1. The van der Waals surface area contributed by atoms with Gasteiger partial charge < -0.3 is 29.7 Å². The molecular weight excluding hydrogens is 463 g/mol. The first-order valence-corrected chi connectivity index (χ1v) is 13.8. The van der Waals surface area contributed by atoms with Crippen LogP contribution in [0.5, 0.6) is 0 Å². The number of hydrogen-bond acceptors (Lipinski definition) is 8. The molecule has 0 aromatic heterocycles. The molecule has 182 valence electrons. The average Bonchev–Trinajstić information content (AvgIpc) is 2.70. The molecule has 0 aliphatic carbocycles. The van der Waals surface area contributed by atoms with Gasteiger partial charge in [-0.15, -0.1) is 0 Å². The van der Waals surface area contributed by atoms with E-state index < -0.39 is 31.3 Å². The molecule has 2 atom stereocenters. The maximum atomic E-state index is 13.1. The Morgan fingerprint density at radius 1 is 1.06 bits per heavy atom. The minimum absolute atomic E-state index is 0.161. The molecule has 1 amide bonds. The Hall–Kier alpha value is -0.710. The van der Waals surface area contributed by atoms with Crippen molar-refractivity contribution in [1.29, 1.82) is 0 Å². The molecule has 0 spiro atoms. The van der Waals surface area contributed by atoms with Crippen LogP contribution in [-0.4, -0.2) is 71.7 Å². The van der Waals surface area contributed by atoms with Gasteiger partial charge >= 0.3 is 5.97 Å². The molecule has 0 saturated carbocycles. The third kappa shape index (κ3) is 14.1. The lowest BCUT2D eigenvalue weighted by Gasteiger charge is -2.26. The summed E-state index contributed by atoms with van der Waals surface area (Å²) in [5, 5.41) is 14.5. The van der Waals surface area contributed by atoms with E-state index in [1.165, 1.54) is 18.7 Å². The first-order valence-electron chi connectivity index (χ1n) is 10.6. The van der Waals surface area contributed by atoms with E-state index >= 15 is 0 Å². The Morgan fingerprint density at radius 2 is 1.68 bits per heavy atom. The second kappa shape index (κ2) is 17.8. The largest absolute Gasteiger partial charge is 0.480 e. The number of unbranched alkanes of at least 4 members (excludes halogenated alkanes) is 3. The smallest absolute Gasteiger partial charge is 0.327 e. The number of amides is 1. The fourth-order valence-electron chi connectivity index (χ4n) is 2.64. The molecular formula is C19H37N2O7PS2. The number of thioether (sulfide) groups is 1. The van der Waals surface area contributed by atoms with Crippen molar-refractivity contribution >= 4 is 47.5 Å². The van der Waals surface area contributed by atoms with Crippen molar-refractivity contribution in [3.63, 3.8) is 0 Å². The van der Waals surface area contributed by atoms with Crippen molar-refractivity contribution in [2.45, 2.75) is 65.5 Å². The first kappa shape index (κ1) is 30.3. The van der Waals surface area contributed by atoms with Crippen molar-refractivity contribution in [2.75, 3.05) is 38.3 Å². The van der Waals surface area contributed by atoms with Crippen LogP contribution in [0.25, 0.3) is 0 Å². The fraction of sp³-hybridized carbons (Fsp3) is 0.842. The number of carbonyl (C=O) groups is 2. The third-order valence-corrected chi connectivity index (χ3v) is 7.99.